The van der Waals surface area contributed by atoms with Crippen LogP contribution in [0.1, 0.15) is 52.3 Å². The average molecular weight is 449 g/mol. The SMILES string of the molecule is COCCCN1C(=S)N[C@@H](c2ccccn2)[C@H]1c1cc(C)n(-c2cc(C)ccc2C)c1C. The summed E-state index contributed by atoms with van der Waals surface area (Å²) < 4.78 is 7.69. The van der Waals surface area contributed by atoms with Crippen LogP contribution in [0, 0.1) is 27.7 Å². The van der Waals surface area contributed by atoms with Crippen molar-refractivity contribution < 1.29 is 4.74 Å². The number of hydrogen-bond acceptors (Lipinski definition) is 3. The Morgan fingerprint density at radius 1 is 1.09 bits per heavy atom. The Morgan fingerprint density at radius 3 is 2.62 bits per heavy atom. The first kappa shape index (κ1) is 22.5. The Kier molecular flexibility index (Phi) is 6.63. The normalized spacial score (nSPS) is 18.3. The van der Waals surface area contributed by atoms with Crippen molar-refractivity contribution in [2.45, 2.75) is 46.2 Å². The first-order valence-corrected chi connectivity index (χ1v) is 11.6. The quantitative estimate of drug-likeness (QED) is 0.402. The largest absolute Gasteiger partial charge is 0.385 e. The highest BCUT2D eigenvalue weighted by Crippen LogP contribution is 2.41. The molecule has 0 aliphatic carbocycles. The molecule has 0 unspecified atom stereocenters. The van der Waals surface area contributed by atoms with Gasteiger partial charge in [-0.2, -0.15) is 0 Å². The molecule has 32 heavy (non-hydrogen) atoms. The predicted octanol–water partition coefficient (Wildman–Crippen LogP) is 5.11. The fourth-order valence-corrected chi connectivity index (χ4v) is 5.11. The topological polar surface area (TPSA) is 42.3 Å². The minimum Gasteiger partial charge on any atom is -0.385 e. The number of aromatic nitrogens is 2. The van der Waals surface area contributed by atoms with Crippen LogP contribution in [0.25, 0.3) is 5.69 Å². The van der Waals surface area contributed by atoms with E-state index in [-0.39, 0.29) is 12.1 Å². The van der Waals surface area contributed by atoms with E-state index in [0.717, 1.165) is 23.8 Å². The van der Waals surface area contributed by atoms with Crippen LogP contribution in [0.2, 0.25) is 0 Å². The fourth-order valence-electron chi connectivity index (χ4n) is 4.78. The van der Waals surface area contributed by atoms with E-state index in [2.05, 4.69) is 77.8 Å². The molecule has 5 nitrogen and oxygen atoms in total. The second-order valence-electron chi connectivity index (χ2n) is 8.62. The van der Waals surface area contributed by atoms with Crippen LogP contribution >= 0.6 is 12.2 Å². The number of pyridine rings is 1. The van der Waals surface area contributed by atoms with E-state index in [9.17, 15) is 0 Å². The summed E-state index contributed by atoms with van der Waals surface area (Å²) in [5.41, 5.74) is 8.51. The molecule has 0 bridgehead atoms. The molecule has 1 N–H and O–H groups in total. The molecule has 1 fully saturated rings. The maximum absolute atomic E-state index is 5.80. The number of methoxy groups -OCH3 is 1. The van der Waals surface area contributed by atoms with Gasteiger partial charge < -0.3 is 19.5 Å². The van der Waals surface area contributed by atoms with E-state index in [1.807, 2.05) is 18.3 Å². The number of thiocarbonyl (C=S) groups is 1. The summed E-state index contributed by atoms with van der Waals surface area (Å²) in [6.45, 7) is 10.3. The van der Waals surface area contributed by atoms with Crippen LogP contribution < -0.4 is 5.32 Å². The van der Waals surface area contributed by atoms with E-state index < -0.39 is 0 Å². The molecule has 168 valence electrons. The van der Waals surface area contributed by atoms with Crippen molar-refractivity contribution in [2.24, 2.45) is 0 Å². The molecule has 1 saturated heterocycles. The predicted molar refractivity (Wildman–Crippen MR) is 133 cm³/mol. The van der Waals surface area contributed by atoms with Crippen molar-refractivity contribution in [1.29, 1.82) is 0 Å². The van der Waals surface area contributed by atoms with Gasteiger partial charge in [-0.15, -0.1) is 0 Å². The summed E-state index contributed by atoms with van der Waals surface area (Å²) in [5, 5.41) is 4.33. The van der Waals surface area contributed by atoms with Crippen LogP contribution in [-0.2, 0) is 4.74 Å². The summed E-state index contributed by atoms with van der Waals surface area (Å²) in [5.74, 6) is 0. The van der Waals surface area contributed by atoms with E-state index in [1.165, 1.54) is 33.8 Å². The van der Waals surface area contributed by atoms with Gasteiger partial charge in [0.2, 0.25) is 0 Å². The van der Waals surface area contributed by atoms with E-state index in [0.29, 0.717) is 6.61 Å². The molecule has 6 heteroatoms. The highest BCUT2D eigenvalue weighted by atomic mass is 32.1. The van der Waals surface area contributed by atoms with Gasteiger partial charge >= 0.3 is 0 Å². The Bertz CT molecular complexity index is 1110. The molecule has 0 radical (unpaired) electrons. The van der Waals surface area contributed by atoms with Gasteiger partial charge in [-0.3, -0.25) is 4.98 Å². The van der Waals surface area contributed by atoms with Crippen molar-refractivity contribution in [3.63, 3.8) is 0 Å². The van der Waals surface area contributed by atoms with Crippen LogP contribution in [-0.4, -0.2) is 39.8 Å². The highest BCUT2D eigenvalue weighted by Gasteiger charge is 2.41. The van der Waals surface area contributed by atoms with Gasteiger partial charge in [0.15, 0.2) is 5.11 Å². The first-order chi connectivity index (χ1) is 15.4. The maximum Gasteiger partial charge on any atom is 0.170 e. The van der Waals surface area contributed by atoms with E-state index in [4.69, 9.17) is 17.0 Å². The molecule has 1 aliphatic heterocycles. The number of nitrogens with one attached hydrogen (secondary N) is 1. The van der Waals surface area contributed by atoms with Crippen LogP contribution in [0.3, 0.4) is 0 Å². The monoisotopic (exact) mass is 448 g/mol. The third-order valence-electron chi connectivity index (χ3n) is 6.34. The molecule has 0 spiro atoms. The van der Waals surface area contributed by atoms with Gasteiger partial charge in [0.05, 0.1) is 17.8 Å². The number of aryl methyl sites for hydroxylation is 3. The molecule has 0 amide bonds. The molecule has 2 atom stereocenters. The maximum atomic E-state index is 5.80. The summed E-state index contributed by atoms with van der Waals surface area (Å²) in [6.07, 6.45) is 2.77. The number of benzene rings is 1. The zero-order valence-corrected chi connectivity index (χ0v) is 20.4. The van der Waals surface area contributed by atoms with Crippen LogP contribution in [0.5, 0.6) is 0 Å². The van der Waals surface area contributed by atoms with Crippen molar-refractivity contribution in [2.75, 3.05) is 20.3 Å². The standard InChI is InChI=1S/C26H32N4OS/c1-17-10-11-18(2)23(15-17)30-19(3)16-21(20(30)4)25-24(22-9-6-7-12-27-22)28-26(32)29(25)13-8-14-31-5/h6-7,9-12,15-16,24-25H,8,13-14H2,1-5H3,(H,28,32)/t24-,25+/m0/s1. The summed E-state index contributed by atoms with van der Waals surface area (Å²) in [6, 6.07) is 15.1. The van der Waals surface area contributed by atoms with Crippen molar-refractivity contribution in [1.82, 2.24) is 19.8 Å². The third-order valence-corrected chi connectivity index (χ3v) is 6.69. The van der Waals surface area contributed by atoms with Crippen LogP contribution in [0.4, 0.5) is 0 Å². The zero-order valence-electron chi connectivity index (χ0n) is 19.6. The lowest BCUT2D eigenvalue weighted by Gasteiger charge is -2.28. The lowest BCUT2D eigenvalue weighted by atomic mass is 9.96. The van der Waals surface area contributed by atoms with Gasteiger partial charge in [0.25, 0.3) is 0 Å². The van der Waals surface area contributed by atoms with Gasteiger partial charge in [0, 0.05) is 43.5 Å². The van der Waals surface area contributed by atoms with Gasteiger partial charge in [0.1, 0.15) is 0 Å². The summed E-state index contributed by atoms with van der Waals surface area (Å²) >= 11 is 5.80. The Hall–Kier alpha value is -2.70. The Labute approximate surface area is 196 Å². The summed E-state index contributed by atoms with van der Waals surface area (Å²) in [4.78, 5) is 6.97. The minimum absolute atomic E-state index is 0.00111. The fraction of sp³-hybridized carbons (Fsp3) is 0.385. The average Bonchev–Trinajstić information content (AvgIpc) is 3.26. The van der Waals surface area contributed by atoms with E-state index in [1.54, 1.807) is 7.11 Å². The van der Waals surface area contributed by atoms with Gasteiger partial charge in [-0.05, 0) is 87.3 Å². The molecule has 1 aromatic carbocycles. The molecule has 2 aromatic heterocycles. The molecule has 1 aliphatic rings. The number of hydrogen-bond donors (Lipinski definition) is 1. The number of ether oxygens (including phenoxy) is 1. The molecule has 3 heterocycles. The second-order valence-corrected chi connectivity index (χ2v) is 9.00. The van der Waals surface area contributed by atoms with Crippen molar-refractivity contribution in [3.05, 3.63) is 82.4 Å². The van der Waals surface area contributed by atoms with Crippen LogP contribution in [0.15, 0.2) is 48.7 Å². The molecule has 4 rings (SSSR count). The van der Waals surface area contributed by atoms with Crippen molar-refractivity contribution in [3.8, 4) is 5.69 Å². The molecular formula is C26H32N4OS. The highest BCUT2D eigenvalue weighted by molar-refractivity contribution is 7.80. The van der Waals surface area contributed by atoms with Gasteiger partial charge in [-0.25, -0.2) is 0 Å². The molecular weight excluding hydrogens is 416 g/mol. The Morgan fingerprint density at radius 2 is 1.91 bits per heavy atom. The molecule has 0 saturated carbocycles. The summed E-state index contributed by atoms with van der Waals surface area (Å²) in [7, 11) is 1.74. The minimum atomic E-state index is -0.00111. The lowest BCUT2D eigenvalue weighted by molar-refractivity contribution is 0.180. The number of rotatable bonds is 7. The van der Waals surface area contributed by atoms with Gasteiger partial charge in [-0.1, -0.05) is 18.2 Å². The third kappa shape index (κ3) is 4.17. The van der Waals surface area contributed by atoms with Crippen molar-refractivity contribution >= 4 is 17.3 Å². The number of nitrogens with zero attached hydrogens (tertiary/aromatic N) is 3. The first-order valence-electron chi connectivity index (χ1n) is 11.2. The second kappa shape index (κ2) is 9.43. The smallest absolute Gasteiger partial charge is 0.170 e. The lowest BCUT2D eigenvalue weighted by Crippen LogP contribution is -2.31. The zero-order chi connectivity index (χ0) is 22.8. The molecule has 3 aromatic rings. The van der Waals surface area contributed by atoms with E-state index >= 15 is 0 Å². The Balaban J connectivity index is 1.81.